The second-order valence-corrected chi connectivity index (χ2v) is 6.86. The van der Waals surface area contributed by atoms with Gasteiger partial charge in [0, 0.05) is 12.1 Å². The summed E-state index contributed by atoms with van der Waals surface area (Å²) < 4.78 is 6.44. The van der Waals surface area contributed by atoms with E-state index in [1.165, 1.54) is 11.3 Å². The lowest BCUT2D eigenvalue weighted by Crippen LogP contribution is -2.26. The Labute approximate surface area is 149 Å². The van der Waals surface area contributed by atoms with Gasteiger partial charge in [-0.2, -0.15) is 0 Å². The van der Waals surface area contributed by atoms with Crippen LogP contribution in [-0.4, -0.2) is 34.5 Å². The van der Waals surface area contributed by atoms with Crippen molar-refractivity contribution >= 4 is 33.0 Å². The number of ether oxygens (including phenoxy) is 1. The molecule has 5 nitrogen and oxygen atoms in total. The van der Waals surface area contributed by atoms with E-state index in [9.17, 15) is 5.11 Å². The first-order valence-electron chi connectivity index (χ1n) is 7.91. The van der Waals surface area contributed by atoms with Crippen LogP contribution in [-0.2, 0) is 6.54 Å². The fourth-order valence-electron chi connectivity index (χ4n) is 3.01. The Hall–Kier alpha value is -2.86. The normalized spacial score (nSPS) is 14.6. The van der Waals surface area contributed by atoms with E-state index >= 15 is 0 Å². The molecule has 0 radical (unpaired) electrons. The van der Waals surface area contributed by atoms with Crippen LogP contribution in [0.25, 0.3) is 15.8 Å². The molecule has 0 amide bonds. The van der Waals surface area contributed by atoms with Crippen LogP contribution in [0.3, 0.4) is 0 Å². The smallest absolute Gasteiger partial charge is 0.135 e. The minimum atomic E-state index is 0.193. The van der Waals surface area contributed by atoms with Crippen LogP contribution in [0.2, 0.25) is 0 Å². The Bertz CT molecular complexity index is 960. The van der Waals surface area contributed by atoms with Crippen molar-refractivity contribution in [3.63, 3.8) is 0 Å². The molecule has 25 heavy (non-hydrogen) atoms. The van der Waals surface area contributed by atoms with Crippen LogP contribution in [0.4, 0.5) is 0 Å². The number of hydrogen-bond donors (Lipinski definition) is 2. The topological polar surface area (TPSA) is 69.4 Å². The second kappa shape index (κ2) is 6.22. The number of benzene rings is 2. The van der Waals surface area contributed by atoms with Crippen molar-refractivity contribution in [3.05, 3.63) is 64.9 Å². The van der Waals surface area contributed by atoms with Gasteiger partial charge in [0.25, 0.3) is 0 Å². The van der Waals surface area contributed by atoms with E-state index in [1.54, 1.807) is 7.11 Å². The standard InChI is InChI=1S/C19H17N3O2S/c1-24-15-8-4-2-6-12(15)10-22-11-14(23)17(18(22)20)19-21-13-7-3-5-9-16(13)25-19/h2-9,20,23H,10-11H2,1H3. The lowest BCUT2D eigenvalue weighted by atomic mass is 10.2. The van der Waals surface area contributed by atoms with Crippen LogP contribution in [0.15, 0.2) is 54.3 Å². The summed E-state index contributed by atoms with van der Waals surface area (Å²) in [6.45, 7) is 0.809. The van der Waals surface area contributed by atoms with Gasteiger partial charge >= 0.3 is 0 Å². The highest BCUT2D eigenvalue weighted by atomic mass is 32.1. The number of aliphatic hydroxyl groups excluding tert-OH is 1. The third-order valence-electron chi connectivity index (χ3n) is 4.24. The molecule has 0 saturated heterocycles. The van der Waals surface area contributed by atoms with Crippen LogP contribution >= 0.6 is 11.3 Å². The Balaban J connectivity index is 1.63. The number of para-hydroxylation sites is 2. The monoisotopic (exact) mass is 351 g/mol. The summed E-state index contributed by atoms with van der Waals surface area (Å²) in [5, 5.41) is 19.6. The number of hydrogen-bond acceptors (Lipinski definition) is 5. The summed E-state index contributed by atoms with van der Waals surface area (Å²) in [4.78, 5) is 6.41. The number of nitrogens with zero attached hydrogens (tertiary/aromatic N) is 2. The number of methoxy groups -OCH3 is 1. The zero-order valence-electron chi connectivity index (χ0n) is 13.7. The number of aliphatic hydroxyl groups is 1. The minimum absolute atomic E-state index is 0.193. The van der Waals surface area contributed by atoms with Crippen molar-refractivity contribution in [2.75, 3.05) is 13.7 Å². The van der Waals surface area contributed by atoms with Crippen molar-refractivity contribution in [2.45, 2.75) is 6.54 Å². The van der Waals surface area contributed by atoms with Gasteiger partial charge in [-0.1, -0.05) is 30.3 Å². The molecular formula is C19H17N3O2S. The highest BCUT2D eigenvalue weighted by Crippen LogP contribution is 2.34. The third-order valence-corrected chi connectivity index (χ3v) is 5.30. The van der Waals surface area contributed by atoms with E-state index in [0.29, 0.717) is 29.5 Å². The predicted molar refractivity (Wildman–Crippen MR) is 100 cm³/mol. The van der Waals surface area contributed by atoms with Crippen LogP contribution in [0, 0.1) is 5.41 Å². The Morgan fingerprint density at radius 2 is 1.96 bits per heavy atom. The molecule has 1 aliphatic rings. The Kier molecular flexibility index (Phi) is 3.89. The highest BCUT2D eigenvalue weighted by Gasteiger charge is 2.30. The number of rotatable bonds is 4. The molecule has 2 aromatic carbocycles. The van der Waals surface area contributed by atoms with E-state index in [-0.39, 0.29) is 5.76 Å². The van der Waals surface area contributed by atoms with Crippen LogP contribution in [0.5, 0.6) is 5.75 Å². The molecule has 0 aliphatic carbocycles. The molecular weight excluding hydrogens is 334 g/mol. The molecule has 0 fully saturated rings. The molecule has 0 saturated carbocycles. The molecule has 1 aromatic heterocycles. The second-order valence-electron chi connectivity index (χ2n) is 5.82. The van der Waals surface area contributed by atoms with Gasteiger partial charge in [0.2, 0.25) is 0 Å². The van der Waals surface area contributed by atoms with Gasteiger partial charge in [0.05, 0.1) is 29.4 Å². The lowest BCUT2D eigenvalue weighted by molar-refractivity contribution is 0.341. The maximum Gasteiger partial charge on any atom is 0.135 e. The van der Waals surface area contributed by atoms with E-state index in [1.807, 2.05) is 53.4 Å². The molecule has 0 atom stereocenters. The fraction of sp³-hybridized carbons (Fsp3) is 0.158. The summed E-state index contributed by atoms with van der Waals surface area (Å²) in [5.74, 6) is 1.27. The largest absolute Gasteiger partial charge is 0.510 e. The zero-order chi connectivity index (χ0) is 17.4. The van der Waals surface area contributed by atoms with Crippen molar-refractivity contribution in [2.24, 2.45) is 0 Å². The van der Waals surface area contributed by atoms with Gasteiger partial charge in [-0.15, -0.1) is 11.3 Å². The molecule has 126 valence electrons. The zero-order valence-corrected chi connectivity index (χ0v) is 14.5. The average Bonchev–Trinajstić information content (AvgIpc) is 3.16. The van der Waals surface area contributed by atoms with E-state index in [2.05, 4.69) is 4.98 Å². The SMILES string of the molecule is COc1ccccc1CN1CC(O)=C(c2nc3ccccc3s2)C1=N. The van der Waals surface area contributed by atoms with Crippen molar-refractivity contribution in [3.8, 4) is 5.75 Å². The number of thiazole rings is 1. The highest BCUT2D eigenvalue weighted by molar-refractivity contribution is 7.19. The van der Waals surface area contributed by atoms with Crippen molar-refractivity contribution in [1.82, 2.24) is 9.88 Å². The molecule has 3 aromatic rings. The fourth-order valence-corrected chi connectivity index (χ4v) is 4.05. The van der Waals surface area contributed by atoms with Gasteiger partial charge < -0.3 is 14.7 Å². The summed E-state index contributed by atoms with van der Waals surface area (Å²) in [7, 11) is 1.64. The van der Waals surface area contributed by atoms with Gasteiger partial charge in [0.15, 0.2) is 0 Å². The third kappa shape index (κ3) is 2.74. The molecule has 0 spiro atoms. The molecule has 2 heterocycles. The summed E-state index contributed by atoms with van der Waals surface area (Å²) in [6, 6.07) is 15.6. The van der Waals surface area contributed by atoms with Gasteiger partial charge in [-0.25, -0.2) is 4.98 Å². The predicted octanol–water partition coefficient (Wildman–Crippen LogP) is 4.07. The molecule has 4 rings (SSSR count). The molecule has 2 N–H and O–H groups in total. The molecule has 1 aliphatic heterocycles. The number of aromatic nitrogens is 1. The average molecular weight is 351 g/mol. The maximum atomic E-state index is 10.4. The number of fused-ring (bicyclic) bond motifs is 1. The first-order chi connectivity index (χ1) is 12.2. The lowest BCUT2D eigenvalue weighted by Gasteiger charge is -2.19. The van der Waals surface area contributed by atoms with E-state index < -0.39 is 0 Å². The first-order valence-corrected chi connectivity index (χ1v) is 8.73. The summed E-state index contributed by atoms with van der Waals surface area (Å²) >= 11 is 1.50. The van der Waals surface area contributed by atoms with E-state index in [4.69, 9.17) is 10.1 Å². The number of amidine groups is 1. The van der Waals surface area contributed by atoms with Crippen LogP contribution < -0.4 is 4.74 Å². The maximum absolute atomic E-state index is 10.4. The van der Waals surface area contributed by atoms with Gasteiger partial charge in [-0.3, -0.25) is 5.41 Å². The van der Waals surface area contributed by atoms with Crippen molar-refractivity contribution < 1.29 is 9.84 Å². The van der Waals surface area contributed by atoms with Gasteiger partial charge in [-0.05, 0) is 18.2 Å². The minimum Gasteiger partial charge on any atom is -0.510 e. The molecule has 0 bridgehead atoms. The van der Waals surface area contributed by atoms with Crippen LogP contribution in [0.1, 0.15) is 10.6 Å². The van der Waals surface area contributed by atoms with Gasteiger partial charge in [0.1, 0.15) is 22.4 Å². The summed E-state index contributed by atoms with van der Waals surface area (Å²) in [6.07, 6.45) is 0. The first kappa shape index (κ1) is 15.7. The molecule has 0 unspecified atom stereocenters. The Morgan fingerprint density at radius 1 is 1.20 bits per heavy atom. The quantitative estimate of drug-likeness (QED) is 0.743. The van der Waals surface area contributed by atoms with E-state index in [0.717, 1.165) is 21.5 Å². The summed E-state index contributed by atoms with van der Waals surface area (Å²) in [5.41, 5.74) is 2.39. The number of nitrogens with one attached hydrogen (secondary N) is 1. The Morgan fingerprint density at radius 3 is 2.76 bits per heavy atom. The van der Waals surface area contributed by atoms with Crippen molar-refractivity contribution in [1.29, 1.82) is 5.41 Å². The molecule has 6 heteroatoms.